The van der Waals surface area contributed by atoms with Gasteiger partial charge in [0.05, 0.1) is 12.3 Å². The first-order valence-electron chi connectivity index (χ1n) is 11.9. The van der Waals surface area contributed by atoms with Gasteiger partial charge in [0, 0.05) is 57.3 Å². The van der Waals surface area contributed by atoms with Gasteiger partial charge in [-0.1, -0.05) is 24.3 Å². The summed E-state index contributed by atoms with van der Waals surface area (Å²) in [7, 11) is 0. The van der Waals surface area contributed by atoms with Crippen molar-refractivity contribution >= 4 is 24.0 Å². The average molecular weight is 467 g/mol. The number of aliphatic hydroxyl groups excluding tert-OH is 1. The molecule has 9 heteroatoms. The highest BCUT2D eigenvalue weighted by Crippen LogP contribution is 2.38. The molecule has 1 aromatic carbocycles. The molecule has 1 aromatic heterocycles. The van der Waals surface area contributed by atoms with Crippen molar-refractivity contribution < 1.29 is 14.7 Å². The van der Waals surface area contributed by atoms with E-state index in [1.165, 1.54) is 0 Å². The fraction of sp³-hybridized carbons (Fsp3) is 0.520. The van der Waals surface area contributed by atoms with Gasteiger partial charge in [0.2, 0.25) is 11.9 Å². The number of hydrogen-bond acceptors (Lipinski definition) is 8. The van der Waals surface area contributed by atoms with Crippen LogP contribution >= 0.6 is 0 Å². The van der Waals surface area contributed by atoms with Gasteiger partial charge in [-0.25, -0.2) is 4.98 Å². The number of aliphatic hydroxyl groups is 1. The lowest BCUT2D eigenvalue weighted by atomic mass is 10.1. The summed E-state index contributed by atoms with van der Waals surface area (Å²) in [5.41, 5.74) is 3.66. The predicted molar refractivity (Wildman–Crippen MR) is 130 cm³/mol. The average Bonchev–Trinajstić information content (AvgIpc) is 3.23. The number of aromatic nitrogens is 2. The number of hydrogen-bond donors (Lipinski definition) is 2. The highest BCUT2D eigenvalue weighted by molar-refractivity contribution is 5.73. The van der Waals surface area contributed by atoms with Crippen molar-refractivity contribution in [1.82, 2.24) is 19.8 Å². The van der Waals surface area contributed by atoms with Crippen molar-refractivity contribution in [2.45, 2.75) is 59.0 Å². The van der Waals surface area contributed by atoms with Gasteiger partial charge in [0.1, 0.15) is 18.1 Å². The first-order valence-corrected chi connectivity index (χ1v) is 11.9. The Labute approximate surface area is 200 Å². The second-order valence-electron chi connectivity index (χ2n) is 9.34. The van der Waals surface area contributed by atoms with Crippen LogP contribution in [-0.2, 0) is 22.7 Å². The lowest BCUT2D eigenvalue weighted by Gasteiger charge is -2.34. The highest BCUT2D eigenvalue weighted by atomic mass is 16.3. The molecule has 2 N–H and O–H groups in total. The first-order chi connectivity index (χ1) is 16.3. The van der Waals surface area contributed by atoms with E-state index in [1.807, 2.05) is 29.2 Å². The van der Waals surface area contributed by atoms with Gasteiger partial charge in [-0.3, -0.25) is 9.69 Å². The Morgan fingerprint density at radius 1 is 1.15 bits per heavy atom. The third-order valence-corrected chi connectivity index (χ3v) is 6.82. The molecule has 1 amide bonds. The second-order valence-corrected chi connectivity index (χ2v) is 9.34. The number of fused-ring (bicyclic) bond motifs is 1. The summed E-state index contributed by atoms with van der Waals surface area (Å²) < 4.78 is 0. The van der Waals surface area contributed by atoms with Crippen molar-refractivity contribution in [3.63, 3.8) is 0 Å². The molecule has 0 saturated carbocycles. The molecule has 9 nitrogen and oxygen atoms in total. The van der Waals surface area contributed by atoms with Crippen molar-refractivity contribution in [2.24, 2.45) is 0 Å². The van der Waals surface area contributed by atoms with E-state index in [2.05, 4.69) is 35.9 Å². The maximum absolute atomic E-state index is 12.1. The number of aldehydes is 1. The summed E-state index contributed by atoms with van der Waals surface area (Å²) in [6, 6.07) is 7.58. The van der Waals surface area contributed by atoms with E-state index in [4.69, 9.17) is 9.97 Å². The van der Waals surface area contributed by atoms with Crippen molar-refractivity contribution in [3.8, 4) is 0 Å². The standard InChI is InChI=1S/C25H34N6O3/c1-16(2)31-13-21-23(22(31)15-33)27-25(30-11-9-29(10-12-30)18(4)34)28-24(21)26-17(3)20-7-5-19(14-32)6-8-20/h5-8,15-17,22,32H,9-14H2,1-4H3,(H,26,27,28)/t17?,22-/m0/s1. The quantitative estimate of drug-likeness (QED) is 0.600. The SMILES string of the molecule is CC(=O)N1CCN(c2nc(NC(C)c3ccc(CO)cc3)c3c(n2)[C@H](C=O)N(C(C)C)C3)CC1. The molecule has 4 rings (SSSR count). The number of carbonyl (C=O) groups is 2. The van der Waals surface area contributed by atoms with Crippen LogP contribution in [0.2, 0.25) is 0 Å². The number of nitrogens with zero attached hydrogens (tertiary/aromatic N) is 5. The van der Waals surface area contributed by atoms with Gasteiger partial charge >= 0.3 is 0 Å². The minimum atomic E-state index is -0.407. The van der Waals surface area contributed by atoms with Gasteiger partial charge in [-0.15, -0.1) is 0 Å². The zero-order chi connectivity index (χ0) is 24.4. The van der Waals surface area contributed by atoms with Crippen LogP contribution in [0.15, 0.2) is 24.3 Å². The Kier molecular flexibility index (Phi) is 7.13. The zero-order valence-corrected chi connectivity index (χ0v) is 20.4. The van der Waals surface area contributed by atoms with E-state index in [-0.39, 0.29) is 24.6 Å². The molecule has 182 valence electrons. The summed E-state index contributed by atoms with van der Waals surface area (Å²) >= 11 is 0. The van der Waals surface area contributed by atoms with Crippen LogP contribution in [0.25, 0.3) is 0 Å². The molecule has 2 atom stereocenters. The van der Waals surface area contributed by atoms with Crippen LogP contribution in [0, 0.1) is 0 Å². The van der Waals surface area contributed by atoms with E-state index >= 15 is 0 Å². The van der Waals surface area contributed by atoms with Crippen LogP contribution in [0.3, 0.4) is 0 Å². The summed E-state index contributed by atoms with van der Waals surface area (Å²) in [6.45, 7) is 11.0. The lowest BCUT2D eigenvalue weighted by molar-refractivity contribution is -0.129. The molecule has 2 aliphatic rings. The van der Waals surface area contributed by atoms with Crippen molar-refractivity contribution in [2.75, 3.05) is 36.4 Å². The minimum Gasteiger partial charge on any atom is -0.392 e. The molecule has 0 spiro atoms. The molecule has 1 fully saturated rings. The molecular weight excluding hydrogens is 432 g/mol. The molecule has 3 heterocycles. The van der Waals surface area contributed by atoms with Gasteiger partial charge in [0.15, 0.2) is 0 Å². The predicted octanol–water partition coefficient (Wildman–Crippen LogP) is 2.27. The minimum absolute atomic E-state index is 0.0138. The van der Waals surface area contributed by atoms with Gasteiger partial charge in [0.25, 0.3) is 0 Å². The summed E-state index contributed by atoms with van der Waals surface area (Å²) in [6.07, 6.45) is 0.969. The van der Waals surface area contributed by atoms with Crippen molar-refractivity contribution in [3.05, 3.63) is 46.6 Å². The zero-order valence-electron chi connectivity index (χ0n) is 20.4. The van der Waals surface area contributed by atoms with E-state index in [0.717, 1.165) is 34.5 Å². The van der Waals surface area contributed by atoms with E-state index < -0.39 is 6.04 Å². The molecule has 1 unspecified atom stereocenters. The Bertz CT molecular complexity index is 1030. The summed E-state index contributed by atoms with van der Waals surface area (Å²) in [5, 5.41) is 12.9. The smallest absolute Gasteiger partial charge is 0.227 e. The largest absolute Gasteiger partial charge is 0.392 e. The van der Waals surface area contributed by atoms with E-state index in [0.29, 0.717) is 38.7 Å². The number of piperazine rings is 1. The topological polar surface area (TPSA) is 102 Å². The molecule has 2 aromatic rings. The molecule has 34 heavy (non-hydrogen) atoms. The molecular formula is C25H34N6O3. The number of benzene rings is 1. The highest BCUT2D eigenvalue weighted by Gasteiger charge is 2.37. The Morgan fingerprint density at radius 3 is 2.38 bits per heavy atom. The molecule has 0 aliphatic carbocycles. The summed E-state index contributed by atoms with van der Waals surface area (Å²) in [5.74, 6) is 1.40. The summed E-state index contributed by atoms with van der Waals surface area (Å²) in [4.78, 5) is 39.7. The molecule has 0 bridgehead atoms. The molecule has 2 aliphatic heterocycles. The number of carbonyl (C=O) groups excluding carboxylic acids is 2. The maximum Gasteiger partial charge on any atom is 0.227 e. The van der Waals surface area contributed by atoms with E-state index in [9.17, 15) is 14.7 Å². The second kappa shape index (κ2) is 10.1. The van der Waals surface area contributed by atoms with Crippen molar-refractivity contribution in [1.29, 1.82) is 0 Å². The monoisotopic (exact) mass is 466 g/mol. The number of anilines is 2. The van der Waals surface area contributed by atoms with Gasteiger partial charge < -0.3 is 25.0 Å². The van der Waals surface area contributed by atoms with Gasteiger partial charge in [-0.2, -0.15) is 4.98 Å². The third-order valence-electron chi connectivity index (χ3n) is 6.82. The Hall–Kier alpha value is -3.04. The molecule has 0 radical (unpaired) electrons. The third kappa shape index (κ3) is 4.76. The number of nitrogens with one attached hydrogen (secondary N) is 1. The van der Waals surface area contributed by atoms with Gasteiger partial charge in [-0.05, 0) is 31.9 Å². The van der Waals surface area contributed by atoms with Crippen LogP contribution in [0.1, 0.15) is 62.2 Å². The lowest BCUT2D eigenvalue weighted by Crippen LogP contribution is -2.48. The van der Waals surface area contributed by atoms with Crippen LogP contribution in [0.5, 0.6) is 0 Å². The Balaban J connectivity index is 1.67. The fourth-order valence-electron chi connectivity index (χ4n) is 4.66. The fourth-order valence-corrected chi connectivity index (χ4v) is 4.66. The van der Waals surface area contributed by atoms with Crippen LogP contribution < -0.4 is 10.2 Å². The first kappa shape index (κ1) is 24.1. The number of amides is 1. The van der Waals surface area contributed by atoms with E-state index in [1.54, 1.807) is 6.92 Å². The normalized spacial score (nSPS) is 19.3. The maximum atomic E-state index is 12.1. The number of rotatable bonds is 7. The Morgan fingerprint density at radius 2 is 1.82 bits per heavy atom. The van der Waals surface area contributed by atoms with Crippen LogP contribution in [0.4, 0.5) is 11.8 Å². The molecule has 1 saturated heterocycles. The van der Waals surface area contributed by atoms with Crippen LogP contribution in [-0.4, -0.2) is 69.3 Å².